The number of benzene rings is 2. The van der Waals surface area contributed by atoms with Crippen LogP contribution in [-0.2, 0) is 17.6 Å². The smallest absolute Gasteiger partial charge is 0.228 e. The zero-order valence-electron chi connectivity index (χ0n) is 16.5. The molecule has 6 heteroatoms. The molecule has 154 valence electrons. The van der Waals surface area contributed by atoms with Crippen LogP contribution in [0.25, 0.3) is 0 Å². The van der Waals surface area contributed by atoms with E-state index in [1.165, 1.54) is 0 Å². The van der Waals surface area contributed by atoms with E-state index in [4.69, 9.17) is 4.74 Å². The van der Waals surface area contributed by atoms with Crippen LogP contribution in [0.1, 0.15) is 24.0 Å². The fourth-order valence-electron chi connectivity index (χ4n) is 4.14. The maximum absolute atomic E-state index is 11.4. The predicted molar refractivity (Wildman–Crippen MR) is 111 cm³/mol. The third-order valence-electron chi connectivity index (χ3n) is 5.78. The van der Waals surface area contributed by atoms with Crippen molar-refractivity contribution < 1.29 is 19.7 Å². The Morgan fingerprint density at radius 2 is 1.90 bits per heavy atom. The molecule has 0 unspecified atom stereocenters. The number of hydrogen-bond donors (Lipinski definition) is 3. The monoisotopic (exact) mass is 396 g/mol. The van der Waals surface area contributed by atoms with Gasteiger partial charge in [0.2, 0.25) is 5.91 Å². The summed E-state index contributed by atoms with van der Waals surface area (Å²) in [7, 11) is 0. The van der Waals surface area contributed by atoms with E-state index in [1.54, 1.807) is 0 Å². The second-order valence-corrected chi connectivity index (χ2v) is 8.20. The van der Waals surface area contributed by atoms with E-state index in [0.717, 1.165) is 29.9 Å². The first kappa shape index (κ1) is 19.9. The van der Waals surface area contributed by atoms with Gasteiger partial charge in [0.1, 0.15) is 18.5 Å². The molecule has 0 aromatic heterocycles. The van der Waals surface area contributed by atoms with Crippen LogP contribution in [0.5, 0.6) is 5.75 Å². The van der Waals surface area contributed by atoms with Crippen LogP contribution in [0.3, 0.4) is 0 Å². The molecule has 2 aromatic rings. The summed E-state index contributed by atoms with van der Waals surface area (Å²) in [6, 6.07) is 15.6. The average molecular weight is 396 g/mol. The van der Waals surface area contributed by atoms with Crippen molar-refractivity contribution in [2.45, 2.75) is 37.4 Å². The summed E-state index contributed by atoms with van der Waals surface area (Å²) in [6.45, 7) is 2.23. The van der Waals surface area contributed by atoms with E-state index in [-0.39, 0.29) is 12.5 Å². The Morgan fingerprint density at radius 1 is 1.14 bits per heavy atom. The largest absolute Gasteiger partial charge is 0.491 e. The number of rotatable bonds is 7. The minimum atomic E-state index is -0.671. The van der Waals surface area contributed by atoms with Crippen molar-refractivity contribution in [3.63, 3.8) is 0 Å². The van der Waals surface area contributed by atoms with Gasteiger partial charge in [-0.25, -0.2) is 0 Å². The summed E-state index contributed by atoms with van der Waals surface area (Å²) >= 11 is 0. The Labute approximate surface area is 171 Å². The van der Waals surface area contributed by atoms with Crippen LogP contribution in [0.15, 0.2) is 48.5 Å². The molecule has 2 aromatic carbocycles. The van der Waals surface area contributed by atoms with Gasteiger partial charge in [-0.15, -0.1) is 0 Å². The van der Waals surface area contributed by atoms with Gasteiger partial charge in [-0.05, 0) is 42.2 Å². The van der Waals surface area contributed by atoms with Crippen molar-refractivity contribution in [3.05, 3.63) is 59.7 Å². The normalized spacial score (nSPS) is 19.4. The quantitative estimate of drug-likeness (QED) is 0.667. The van der Waals surface area contributed by atoms with Crippen LogP contribution in [-0.4, -0.2) is 59.0 Å². The van der Waals surface area contributed by atoms with E-state index in [0.29, 0.717) is 38.0 Å². The van der Waals surface area contributed by atoms with E-state index in [2.05, 4.69) is 22.3 Å². The summed E-state index contributed by atoms with van der Waals surface area (Å²) < 4.78 is 5.72. The topological polar surface area (TPSA) is 82.0 Å². The van der Waals surface area contributed by atoms with E-state index < -0.39 is 11.7 Å². The lowest BCUT2D eigenvalue weighted by Gasteiger charge is -2.39. The fraction of sp³-hybridized carbons (Fsp3) is 0.435. The van der Waals surface area contributed by atoms with Gasteiger partial charge < -0.3 is 25.2 Å². The number of carbonyl (C=O) groups is 1. The predicted octanol–water partition coefficient (Wildman–Crippen LogP) is 1.99. The number of nitrogens with one attached hydrogen (secondary N) is 1. The van der Waals surface area contributed by atoms with Crippen LogP contribution in [0.4, 0.5) is 5.69 Å². The molecule has 4 rings (SSSR count). The summed E-state index contributed by atoms with van der Waals surface area (Å²) in [5, 5.41) is 24.0. The fourth-order valence-corrected chi connectivity index (χ4v) is 4.14. The molecule has 0 saturated carbocycles. The summed E-state index contributed by atoms with van der Waals surface area (Å²) in [5.74, 6) is 0.657. The van der Waals surface area contributed by atoms with Gasteiger partial charge in [0, 0.05) is 31.7 Å². The molecule has 3 N–H and O–H groups in total. The van der Waals surface area contributed by atoms with Crippen LogP contribution in [0.2, 0.25) is 0 Å². The lowest BCUT2D eigenvalue weighted by molar-refractivity contribution is -0.115. The molecule has 1 atom stereocenters. The van der Waals surface area contributed by atoms with Gasteiger partial charge in [0.05, 0.1) is 12.0 Å². The number of ether oxygens (including phenoxy) is 1. The number of carbonyl (C=O) groups excluding carboxylic acids is 1. The molecule has 2 aliphatic heterocycles. The summed E-state index contributed by atoms with van der Waals surface area (Å²) in [5.41, 5.74) is 2.24. The highest BCUT2D eigenvalue weighted by atomic mass is 16.5. The molecule has 6 nitrogen and oxygen atoms in total. The number of nitrogens with zero attached hydrogens (tertiary/aromatic N) is 1. The highest BCUT2D eigenvalue weighted by Crippen LogP contribution is 2.28. The van der Waals surface area contributed by atoms with Gasteiger partial charge in [-0.1, -0.05) is 30.3 Å². The van der Waals surface area contributed by atoms with Crippen molar-refractivity contribution >= 4 is 11.6 Å². The lowest BCUT2D eigenvalue weighted by atomic mass is 9.85. The number of aliphatic hydroxyl groups is 2. The Morgan fingerprint density at radius 3 is 2.66 bits per heavy atom. The molecule has 1 saturated heterocycles. The van der Waals surface area contributed by atoms with Crippen molar-refractivity contribution in [1.29, 1.82) is 0 Å². The number of likely N-dealkylation sites (tertiary alicyclic amines) is 1. The summed E-state index contributed by atoms with van der Waals surface area (Å²) in [6.07, 6.45) is 1.82. The molecule has 0 aliphatic carbocycles. The molecule has 1 fully saturated rings. The minimum absolute atomic E-state index is 0.00509. The average Bonchev–Trinajstić information content (AvgIpc) is 3.08. The molecule has 0 radical (unpaired) electrons. The highest BCUT2D eigenvalue weighted by molar-refractivity contribution is 5.99. The molecule has 0 spiro atoms. The first-order valence-electron chi connectivity index (χ1n) is 10.2. The first-order valence-corrected chi connectivity index (χ1v) is 10.2. The van der Waals surface area contributed by atoms with Crippen molar-refractivity contribution in [2.24, 2.45) is 0 Å². The second-order valence-electron chi connectivity index (χ2n) is 8.20. The minimum Gasteiger partial charge on any atom is -0.491 e. The number of amides is 1. The van der Waals surface area contributed by atoms with Gasteiger partial charge in [0.15, 0.2) is 0 Å². The van der Waals surface area contributed by atoms with Crippen molar-refractivity contribution in [1.82, 2.24) is 4.90 Å². The molecular weight excluding hydrogens is 368 g/mol. The number of fused-ring (bicyclic) bond motifs is 1. The highest BCUT2D eigenvalue weighted by Gasteiger charge is 2.32. The third-order valence-corrected chi connectivity index (χ3v) is 5.78. The Bertz CT molecular complexity index is 847. The van der Waals surface area contributed by atoms with E-state index in [1.807, 2.05) is 36.4 Å². The second kappa shape index (κ2) is 8.53. The van der Waals surface area contributed by atoms with Crippen molar-refractivity contribution in [2.75, 3.05) is 31.6 Å². The molecule has 2 heterocycles. The van der Waals surface area contributed by atoms with E-state index >= 15 is 0 Å². The third kappa shape index (κ3) is 5.15. The Balaban J connectivity index is 1.21. The molecule has 2 aliphatic rings. The molecule has 0 bridgehead atoms. The Kier molecular flexibility index (Phi) is 5.85. The van der Waals surface area contributed by atoms with Gasteiger partial charge in [0.25, 0.3) is 0 Å². The zero-order valence-corrected chi connectivity index (χ0v) is 16.5. The Hall–Kier alpha value is -2.41. The first-order chi connectivity index (χ1) is 14.0. The van der Waals surface area contributed by atoms with E-state index in [9.17, 15) is 15.0 Å². The lowest BCUT2D eigenvalue weighted by Crippen LogP contribution is -2.48. The number of β-amino-alcohol motifs (C(OH)–C–C–N with tert-alkyl or cyclic N) is 1. The maximum Gasteiger partial charge on any atom is 0.228 e. The van der Waals surface area contributed by atoms with Crippen LogP contribution < -0.4 is 10.1 Å². The maximum atomic E-state index is 11.4. The molecule has 1 amide bonds. The number of aliphatic hydroxyl groups excluding tert-OH is 1. The van der Waals surface area contributed by atoms with Gasteiger partial charge >= 0.3 is 0 Å². The standard InChI is InChI=1S/C23H28N2O4/c26-19(16-29-20-6-7-21-18(12-20)13-22(27)24-21)15-25-10-8-23(28,9-11-25)14-17-4-2-1-3-5-17/h1-7,12,19,26,28H,8-11,13-16H2,(H,24,27)/t19-/m0/s1. The summed E-state index contributed by atoms with van der Waals surface area (Å²) in [4.78, 5) is 13.6. The number of hydrogen-bond acceptors (Lipinski definition) is 5. The SMILES string of the molecule is O=C1Cc2cc(OC[C@@H](O)CN3CCC(O)(Cc4ccccc4)CC3)ccc2N1. The van der Waals surface area contributed by atoms with Crippen LogP contribution in [0, 0.1) is 0 Å². The van der Waals surface area contributed by atoms with Gasteiger partial charge in [-0.2, -0.15) is 0 Å². The molecule has 29 heavy (non-hydrogen) atoms. The van der Waals surface area contributed by atoms with Gasteiger partial charge in [-0.3, -0.25) is 4.79 Å². The van der Waals surface area contributed by atoms with Crippen molar-refractivity contribution in [3.8, 4) is 5.75 Å². The number of anilines is 1. The zero-order chi connectivity index (χ0) is 20.3. The van der Waals surface area contributed by atoms with Crippen LogP contribution >= 0.6 is 0 Å². The molecular formula is C23H28N2O4. The number of piperidine rings is 1.